The number of hydrogen-bond acceptors (Lipinski definition) is 4. The first kappa shape index (κ1) is 15.9. The zero-order valence-electron chi connectivity index (χ0n) is 12.3. The summed E-state index contributed by atoms with van der Waals surface area (Å²) in [6, 6.07) is 2.42. The van der Waals surface area contributed by atoms with Gasteiger partial charge in [-0.2, -0.15) is 0 Å². The summed E-state index contributed by atoms with van der Waals surface area (Å²) >= 11 is 1.51. The molecule has 1 heterocycles. The summed E-state index contributed by atoms with van der Waals surface area (Å²) < 4.78 is 27.5. The largest absolute Gasteiger partial charge is 0.309 e. The lowest BCUT2D eigenvalue weighted by Gasteiger charge is -2.20. The van der Waals surface area contributed by atoms with Crippen LogP contribution in [-0.4, -0.2) is 20.5 Å². The van der Waals surface area contributed by atoms with E-state index in [-0.39, 0.29) is 6.04 Å². The fraction of sp³-hybridized carbons (Fsp3) is 0.714. The third-order valence-corrected chi connectivity index (χ3v) is 6.19. The summed E-state index contributed by atoms with van der Waals surface area (Å²) in [6.07, 6.45) is 3.28. The minimum atomic E-state index is -3.39. The van der Waals surface area contributed by atoms with Crippen molar-refractivity contribution < 1.29 is 8.42 Å². The number of nitrogens with one attached hydrogen (secondary N) is 2. The van der Waals surface area contributed by atoms with E-state index in [1.165, 1.54) is 24.2 Å². The molecule has 0 saturated heterocycles. The molecule has 1 aliphatic rings. The molecule has 1 saturated carbocycles. The van der Waals surface area contributed by atoms with Crippen LogP contribution >= 0.6 is 11.3 Å². The first-order chi connectivity index (χ1) is 9.42. The lowest BCUT2D eigenvalue weighted by molar-refractivity contribution is 0.437. The van der Waals surface area contributed by atoms with E-state index < -0.39 is 10.0 Å². The van der Waals surface area contributed by atoms with E-state index >= 15 is 0 Å². The Labute approximate surface area is 126 Å². The van der Waals surface area contributed by atoms with Crippen LogP contribution in [0.25, 0.3) is 0 Å². The molecule has 1 atom stereocenters. The van der Waals surface area contributed by atoms with Gasteiger partial charge in [-0.1, -0.05) is 20.8 Å². The third kappa shape index (κ3) is 4.28. The van der Waals surface area contributed by atoms with Crippen molar-refractivity contribution in [3.63, 3.8) is 0 Å². The maximum Gasteiger partial charge on any atom is 0.241 e. The van der Waals surface area contributed by atoms with Gasteiger partial charge >= 0.3 is 0 Å². The second-order valence-corrected chi connectivity index (χ2v) is 8.49. The summed E-state index contributed by atoms with van der Waals surface area (Å²) in [7, 11) is -3.39. The Bertz CT molecular complexity index is 533. The molecule has 20 heavy (non-hydrogen) atoms. The molecule has 0 aliphatic heterocycles. The van der Waals surface area contributed by atoms with Crippen LogP contribution in [-0.2, 0) is 16.6 Å². The van der Waals surface area contributed by atoms with Gasteiger partial charge in [0.1, 0.15) is 0 Å². The first-order valence-corrected chi connectivity index (χ1v) is 9.61. The quantitative estimate of drug-likeness (QED) is 0.775. The van der Waals surface area contributed by atoms with Gasteiger partial charge in [0.05, 0.1) is 4.90 Å². The van der Waals surface area contributed by atoms with Crippen LogP contribution in [0.5, 0.6) is 0 Å². The topological polar surface area (TPSA) is 58.2 Å². The molecule has 1 fully saturated rings. The van der Waals surface area contributed by atoms with Gasteiger partial charge in [0, 0.05) is 28.9 Å². The molecule has 1 aromatic heterocycles. The van der Waals surface area contributed by atoms with Crippen molar-refractivity contribution in [2.75, 3.05) is 0 Å². The van der Waals surface area contributed by atoms with Crippen molar-refractivity contribution in [2.45, 2.75) is 63.6 Å². The average molecular weight is 316 g/mol. The Kier molecular flexibility index (Phi) is 5.23. The van der Waals surface area contributed by atoms with Gasteiger partial charge in [-0.3, -0.25) is 0 Å². The lowest BCUT2D eigenvalue weighted by Crippen LogP contribution is -2.37. The van der Waals surface area contributed by atoms with Gasteiger partial charge in [-0.05, 0) is 31.2 Å². The third-order valence-electron chi connectivity index (χ3n) is 3.63. The second kappa shape index (κ2) is 6.56. The van der Waals surface area contributed by atoms with Crippen molar-refractivity contribution in [3.8, 4) is 0 Å². The van der Waals surface area contributed by atoms with Gasteiger partial charge in [-0.15, -0.1) is 11.3 Å². The maximum absolute atomic E-state index is 12.3. The molecule has 0 spiro atoms. The van der Waals surface area contributed by atoms with E-state index in [9.17, 15) is 8.42 Å². The van der Waals surface area contributed by atoms with Gasteiger partial charge in [0.2, 0.25) is 10.0 Å². The lowest BCUT2D eigenvalue weighted by atomic mass is 10.0. The maximum atomic E-state index is 12.3. The molecule has 0 radical (unpaired) electrons. The normalized spacial score (nSPS) is 17.6. The van der Waals surface area contributed by atoms with Crippen LogP contribution in [0.3, 0.4) is 0 Å². The van der Waals surface area contributed by atoms with Crippen molar-refractivity contribution in [1.82, 2.24) is 10.0 Å². The number of sulfonamides is 1. The van der Waals surface area contributed by atoms with Gasteiger partial charge < -0.3 is 5.32 Å². The Morgan fingerprint density at radius 1 is 1.40 bits per heavy atom. The minimum Gasteiger partial charge on any atom is -0.309 e. The Balaban J connectivity index is 2.00. The van der Waals surface area contributed by atoms with Crippen molar-refractivity contribution >= 4 is 21.4 Å². The predicted octanol–water partition coefficient (Wildman–Crippen LogP) is 2.71. The molecule has 0 amide bonds. The van der Waals surface area contributed by atoms with E-state index in [1.807, 2.05) is 20.8 Å². The molecule has 4 nitrogen and oxygen atoms in total. The Morgan fingerprint density at radius 3 is 2.65 bits per heavy atom. The molecule has 114 valence electrons. The Hall–Kier alpha value is -0.430. The highest BCUT2D eigenvalue weighted by molar-refractivity contribution is 7.89. The molecule has 2 rings (SSSR count). The van der Waals surface area contributed by atoms with E-state index in [0.29, 0.717) is 16.9 Å². The van der Waals surface area contributed by atoms with Crippen LogP contribution < -0.4 is 10.0 Å². The monoisotopic (exact) mass is 316 g/mol. The summed E-state index contributed by atoms with van der Waals surface area (Å²) in [5.74, 6) is 0.296. The highest BCUT2D eigenvalue weighted by atomic mass is 32.2. The van der Waals surface area contributed by atoms with Crippen molar-refractivity contribution in [3.05, 3.63) is 16.3 Å². The fourth-order valence-corrected chi connectivity index (χ4v) is 4.78. The van der Waals surface area contributed by atoms with Crippen LogP contribution in [0.1, 0.15) is 44.9 Å². The van der Waals surface area contributed by atoms with Gasteiger partial charge in [-0.25, -0.2) is 13.1 Å². The average Bonchev–Trinajstić information content (AvgIpc) is 3.09. The number of rotatable bonds is 8. The fourth-order valence-electron chi connectivity index (χ4n) is 2.08. The zero-order valence-corrected chi connectivity index (χ0v) is 14.0. The highest BCUT2D eigenvalue weighted by Gasteiger charge is 2.23. The summed E-state index contributed by atoms with van der Waals surface area (Å²) in [6.45, 7) is 6.85. The van der Waals surface area contributed by atoms with E-state index in [0.717, 1.165) is 17.8 Å². The second-order valence-electron chi connectivity index (χ2n) is 5.78. The highest BCUT2D eigenvalue weighted by Crippen LogP contribution is 2.23. The molecular weight excluding hydrogens is 292 g/mol. The summed E-state index contributed by atoms with van der Waals surface area (Å²) in [5.41, 5.74) is 0. The molecule has 6 heteroatoms. The first-order valence-electron chi connectivity index (χ1n) is 7.25. The van der Waals surface area contributed by atoms with Crippen LogP contribution in [0, 0.1) is 5.92 Å². The van der Waals surface area contributed by atoms with E-state index in [2.05, 4.69) is 10.0 Å². The van der Waals surface area contributed by atoms with Crippen molar-refractivity contribution in [2.24, 2.45) is 5.92 Å². The van der Waals surface area contributed by atoms with Gasteiger partial charge in [0.15, 0.2) is 0 Å². The molecule has 1 aromatic rings. The molecular formula is C14H24N2O2S2. The zero-order chi connectivity index (χ0) is 14.8. The summed E-state index contributed by atoms with van der Waals surface area (Å²) in [4.78, 5) is 1.48. The Morgan fingerprint density at radius 2 is 2.10 bits per heavy atom. The minimum absolute atomic E-state index is 0.00654. The predicted molar refractivity (Wildman–Crippen MR) is 83.4 cm³/mol. The molecule has 1 aliphatic carbocycles. The van der Waals surface area contributed by atoms with Crippen LogP contribution in [0.4, 0.5) is 0 Å². The molecule has 1 unspecified atom stereocenters. The van der Waals surface area contributed by atoms with Gasteiger partial charge in [0.25, 0.3) is 0 Å². The molecule has 0 aromatic carbocycles. The molecule has 0 bridgehead atoms. The van der Waals surface area contributed by atoms with Crippen LogP contribution in [0.2, 0.25) is 0 Å². The van der Waals surface area contributed by atoms with Crippen LogP contribution in [0.15, 0.2) is 16.3 Å². The smallest absolute Gasteiger partial charge is 0.241 e. The number of hydrogen-bond donors (Lipinski definition) is 2. The SMILES string of the molecule is CCC(NS(=O)(=O)c1csc(CNC2CC2)c1)C(C)C. The molecule has 2 N–H and O–H groups in total. The van der Waals surface area contributed by atoms with E-state index in [1.54, 1.807) is 11.4 Å². The standard InChI is InChI=1S/C14H24N2O2S2/c1-4-14(10(2)3)16-20(17,18)13-7-12(19-9-13)8-15-11-5-6-11/h7,9-11,14-16H,4-6,8H2,1-3H3. The number of thiophene rings is 1. The van der Waals surface area contributed by atoms with Crippen molar-refractivity contribution in [1.29, 1.82) is 0 Å². The van der Waals surface area contributed by atoms with E-state index in [4.69, 9.17) is 0 Å². The summed E-state index contributed by atoms with van der Waals surface area (Å²) in [5, 5.41) is 5.14.